The fourth-order valence-corrected chi connectivity index (χ4v) is 13.9. The maximum Gasteiger partial charge on any atom is 0.472 e. The molecule has 0 aliphatic rings. The molecule has 19 heteroatoms. The molecule has 0 bridgehead atoms. The first-order valence-electron chi connectivity index (χ1n) is 41.5. The fourth-order valence-electron chi connectivity index (χ4n) is 12.3. The molecule has 0 saturated heterocycles. The standard InChI is InChI=1S/C80H156O17P2/c1-7-10-12-14-16-18-20-22-23-24-25-26-27-28-29-31-33-39-47-53-59-65-80(85)96-75(68-90-77(82)62-56-50-44-37-35-34-36-43-49-55-61-73(6)9-3)70-94-98(86,87)92-66-74(81)67-93-99(88,89)95-71-76(69-91-78(83)63-57-51-45-41-40-42-48-54-60-72(4)5)97-79(84)64-58-52-46-38-32-30-21-19-17-15-13-11-8-2/h72-76,81H,7-71H2,1-6H3,(H,86,87)(H,88,89)/t73?,74-,75-,76-/m1/s1. The molecule has 0 aromatic heterocycles. The highest BCUT2D eigenvalue weighted by Crippen LogP contribution is 2.45. The quantitative estimate of drug-likeness (QED) is 0.0222. The summed E-state index contributed by atoms with van der Waals surface area (Å²) in [7, 11) is -9.92. The lowest BCUT2D eigenvalue weighted by molar-refractivity contribution is -0.161. The highest BCUT2D eigenvalue weighted by atomic mass is 31.2. The van der Waals surface area contributed by atoms with Gasteiger partial charge in [-0.2, -0.15) is 0 Å². The van der Waals surface area contributed by atoms with E-state index in [2.05, 4.69) is 41.5 Å². The van der Waals surface area contributed by atoms with Crippen molar-refractivity contribution < 1.29 is 80.2 Å². The van der Waals surface area contributed by atoms with Crippen LogP contribution in [0.2, 0.25) is 0 Å². The van der Waals surface area contributed by atoms with Crippen molar-refractivity contribution >= 4 is 39.5 Å². The molecule has 0 radical (unpaired) electrons. The van der Waals surface area contributed by atoms with Crippen molar-refractivity contribution in [2.75, 3.05) is 39.6 Å². The Morgan fingerprint density at radius 2 is 0.515 bits per heavy atom. The predicted molar refractivity (Wildman–Crippen MR) is 405 cm³/mol. The largest absolute Gasteiger partial charge is 0.472 e. The molecule has 6 atom stereocenters. The van der Waals surface area contributed by atoms with Gasteiger partial charge < -0.3 is 33.8 Å². The molecule has 0 fully saturated rings. The van der Waals surface area contributed by atoms with Crippen LogP contribution in [-0.4, -0.2) is 96.7 Å². The summed E-state index contributed by atoms with van der Waals surface area (Å²) in [5.41, 5.74) is 0. The second-order valence-corrected chi connectivity index (χ2v) is 32.4. The Kier molecular flexibility index (Phi) is 70.3. The monoisotopic (exact) mass is 1450 g/mol. The zero-order valence-electron chi connectivity index (χ0n) is 64.8. The zero-order chi connectivity index (χ0) is 72.8. The van der Waals surface area contributed by atoms with Gasteiger partial charge in [0.25, 0.3) is 0 Å². The van der Waals surface area contributed by atoms with Crippen molar-refractivity contribution in [3.05, 3.63) is 0 Å². The zero-order valence-corrected chi connectivity index (χ0v) is 66.6. The van der Waals surface area contributed by atoms with E-state index >= 15 is 0 Å². The molecule has 0 amide bonds. The average molecular weight is 1450 g/mol. The lowest BCUT2D eigenvalue weighted by atomic mass is 9.99. The number of aliphatic hydroxyl groups excluding tert-OH is 1. The highest BCUT2D eigenvalue weighted by Gasteiger charge is 2.30. The first-order valence-corrected chi connectivity index (χ1v) is 44.5. The van der Waals surface area contributed by atoms with Gasteiger partial charge in [-0.05, 0) is 37.5 Å². The van der Waals surface area contributed by atoms with Crippen molar-refractivity contribution in [2.45, 2.75) is 439 Å². The van der Waals surface area contributed by atoms with Crippen LogP contribution in [0.25, 0.3) is 0 Å². The van der Waals surface area contributed by atoms with E-state index in [9.17, 15) is 43.2 Å². The lowest BCUT2D eigenvalue weighted by Crippen LogP contribution is -2.30. The van der Waals surface area contributed by atoms with Crippen LogP contribution in [0, 0.1) is 11.8 Å². The van der Waals surface area contributed by atoms with Gasteiger partial charge >= 0.3 is 39.5 Å². The number of hydrogen-bond donors (Lipinski definition) is 3. The predicted octanol–water partition coefficient (Wildman–Crippen LogP) is 23.9. The first kappa shape index (κ1) is 97.1. The minimum atomic E-state index is -4.96. The molecule has 0 aromatic rings. The summed E-state index contributed by atoms with van der Waals surface area (Å²) in [5.74, 6) is -0.575. The molecule has 0 aliphatic heterocycles. The van der Waals surface area contributed by atoms with Gasteiger partial charge in [0.15, 0.2) is 12.2 Å². The molecule has 3 unspecified atom stereocenters. The van der Waals surface area contributed by atoms with E-state index < -0.39 is 97.5 Å². The molecule has 0 aromatic carbocycles. The van der Waals surface area contributed by atoms with Gasteiger partial charge in [0, 0.05) is 25.7 Å². The second-order valence-electron chi connectivity index (χ2n) is 29.5. The molecule has 588 valence electrons. The van der Waals surface area contributed by atoms with Crippen molar-refractivity contribution in [3.8, 4) is 0 Å². The summed E-state index contributed by atoms with van der Waals surface area (Å²) in [6, 6.07) is 0. The lowest BCUT2D eigenvalue weighted by Gasteiger charge is -2.21. The van der Waals surface area contributed by atoms with Crippen molar-refractivity contribution in [1.82, 2.24) is 0 Å². The SMILES string of the molecule is CCCCCCCCCCCCCCCCCCCCCCCC(=O)O[C@H](COC(=O)CCCCCCCCCCCCC(C)CC)COP(=O)(O)OC[C@@H](O)COP(=O)(O)OC[C@@H](COC(=O)CCCCCCCCCCC(C)C)OC(=O)CCCCCCCCCCCCCCC. The van der Waals surface area contributed by atoms with Crippen LogP contribution >= 0.6 is 15.6 Å². The third kappa shape index (κ3) is 72.8. The van der Waals surface area contributed by atoms with Crippen LogP contribution in [0.15, 0.2) is 0 Å². The Morgan fingerprint density at radius 1 is 0.293 bits per heavy atom. The molecule has 0 aliphatic carbocycles. The molecule has 3 N–H and O–H groups in total. The molecular weight excluding hydrogens is 1290 g/mol. The summed E-state index contributed by atoms with van der Waals surface area (Å²) in [6.07, 6.45) is 61.0. The number of hydrogen-bond acceptors (Lipinski definition) is 15. The summed E-state index contributed by atoms with van der Waals surface area (Å²) in [6.45, 7) is 9.62. The molecule has 0 spiro atoms. The van der Waals surface area contributed by atoms with E-state index in [1.807, 2.05) is 0 Å². The third-order valence-corrected chi connectivity index (χ3v) is 21.0. The normalized spacial score (nSPS) is 14.2. The van der Waals surface area contributed by atoms with E-state index in [0.717, 1.165) is 102 Å². The van der Waals surface area contributed by atoms with E-state index in [1.165, 1.54) is 238 Å². The molecule has 99 heavy (non-hydrogen) atoms. The minimum absolute atomic E-state index is 0.107. The van der Waals surface area contributed by atoms with E-state index in [-0.39, 0.29) is 25.7 Å². The average Bonchev–Trinajstić information content (AvgIpc) is 0.976. The number of unbranched alkanes of at least 4 members (excludes halogenated alkanes) is 48. The van der Waals surface area contributed by atoms with Crippen LogP contribution in [0.4, 0.5) is 0 Å². The molecule has 0 rings (SSSR count). The van der Waals surface area contributed by atoms with Crippen LogP contribution in [-0.2, 0) is 65.4 Å². The number of carbonyl (C=O) groups is 4. The van der Waals surface area contributed by atoms with Gasteiger partial charge in [0.1, 0.15) is 19.3 Å². The van der Waals surface area contributed by atoms with Gasteiger partial charge in [0.2, 0.25) is 0 Å². The van der Waals surface area contributed by atoms with Crippen LogP contribution in [0.5, 0.6) is 0 Å². The van der Waals surface area contributed by atoms with Gasteiger partial charge in [0.05, 0.1) is 26.4 Å². The minimum Gasteiger partial charge on any atom is -0.462 e. The van der Waals surface area contributed by atoms with E-state index in [4.69, 9.17) is 37.0 Å². The Morgan fingerprint density at radius 3 is 0.768 bits per heavy atom. The number of rotatable bonds is 79. The Hall–Kier alpha value is -1.94. The Labute approximate surface area is 607 Å². The smallest absolute Gasteiger partial charge is 0.462 e. The van der Waals surface area contributed by atoms with Crippen molar-refractivity contribution in [1.29, 1.82) is 0 Å². The van der Waals surface area contributed by atoms with Gasteiger partial charge in [-0.15, -0.1) is 0 Å². The topological polar surface area (TPSA) is 237 Å². The molecule has 0 heterocycles. The number of esters is 4. The highest BCUT2D eigenvalue weighted by molar-refractivity contribution is 7.47. The number of phosphoric ester groups is 2. The van der Waals surface area contributed by atoms with Crippen molar-refractivity contribution in [3.63, 3.8) is 0 Å². The van der Waals surface area contributed by atoms with Gasteiger partial charge in [-0.25, -0.2) is 9.13 Å². The Balaban J connectivity index is 5.22. The van der Waals surface area contributed by atoms with Crippen LogP contribution in [0.3, 0.4) is 0 Å². The maximum atomic E-state index is 13.1. The second kappa shape index (κ2) is 71.7. The van der Waals surface area contributed by atoms with Gasteiger partial charge in [-0.1, -0.05) is 369 Å². The summed E-state index contributed by atoms with van der Waals surface area (Å²) in [4.78, 5) is 73.0. The number of phosphoric acid groups is 2. The number of aliphatic hydroxyl groups is 1. The van der Waals surface area contributed by atoms with E-state index in [1.54, 1.807) is 0 Å². The van der Waals surface area contributed by atoms with Gasteiger partial charge in [-0.3, -0.25) is 37.3 Å². The Bertz CT molecular complexity index is 1910. The maximum absolute atomic E-state index is 13.1. The third-order valence-electron chi connectivity index (χ3n) is 19.1. The van der Waals surface area contributed by atoms with Crippen molar-refractivity contribution in [2.24, 2.45) is 11.8 Å². The number of ether oxygens (including phenoxy) is 4. The molecule has 17 nitrogen and oxygen atoms in total. The fraction of sp³-hybridized carbons (Fsp3) is 0.950. The molecule has 0 saturated carbocycles. The molecular formula is C80H156O17P2. The summed E-state index contributed by atoms with van der Waals surface area (Å²) in [5, 5.41) is 10.6. The summed E-state index contributed by atoms with van der Waals surface area (Å²) >= 11 is 0. The van der Waals surface area contributed by atoms with Crippen LogP contribution < -0.4 is 0 Å². The first-order chi connectivity index (χ1) is 47.9. The number of carbonyl (C=O) groups excluding carboxylic acids is 4. The summed E-state index contributed by atoms with van der Waals surface area (Å²) < 4.78 is 68.7. The van der Waals surface area contributed by atoms with E-state index in [0.29, 0.717) is 25.7 Å². The van der Waals surface area contributed by atoms with Crippen LogP contribution in [0.1, 0.15) is 420 Å².